The van der Waals surface area contributed by atoms with Crippen molar-refractivity contribution >= 4 is 0 Å². The molecule has 5 heteroatoms. The highest BCUT2D eigenvalue weighted by molar-refractivity contribution is 5.67. The number of nitriles is 2. The molecule has 0 saturated carbocycles. The number of aromatic nitrogens is 1. The molecule has 0 bridgehead atoms. The largest absolute Gasteiger partial charge is 0.488 e. The molecule has 0 fully saturated rings. The van der Waals surface area contributed by atoms with Gasteiger partial charge in [-0.3, -0.25) is 4.98 Å². The van der Waals surface area contributed by atoms with Crippen molar-refractivity contribution in [2.24, 2.45) is 0 Å². The standard InChI is InChI=1S/C24H21N3O2/c1-17(24(28)11-4-18-3-2-12-27-16-18)29-23-9-7-19(8-10-23)20-5-6-21(14-25)22(13-20)15-26/h2-3,5-10,12-13,16-17,24,28H,4,11H2,1H3/t17-,24+/m0/s1. The highest BCUT2D eigenvalue weighted by atomic mass is 16.5. The van der Waals surface area contributed by atoms with Crippen LogP contribution in [0.15, 0.2) is 67.0 Å². The fourth-order valence-electron chi connectivity index (χ4n) is 3.03. The van der Waals surface area contributed by atoms with Gasteiger partial charge in [-0.25, -0.2) is 0 Å². The number of rotatable bonds is 7. The summed E-state index contributed by atoms with van der Waals surface area (Å²) in [5.41, 5.74) is 3.59. The van der Waals surface area contributed by atoms with Crippen molar-refractivity contribution in [3.05, 3.63) is 83.7 Å². The Morgan fingerprint density at radius 1 is 1.00 bits per heavy atom. The lowest BCUT2D eigenvalue weighted by molar-refractivity contribution is 0.0420. The van der Waals surface area contributed by atoms with Crippen molar-refractivity contribution in [2.75, 3.05) is 0 Å². The van der Waals surface area contributed by atoms with Gasteiger partial charge in [0.05, 0.1) is 17.2 Å². The molecule has 0 aliphatic rings. The first kappa shape index (κ1) is 20.1. The van der Waals surface area contributed by atoms with Crippen LogP contribution < -0.4 is 4.74 Å². The minimum atomic E-state index is -0.591. The van der Waals surface area contributed by atoms with Gasteiger partial charge in [-0.2, -0.15) is 10.5 Å². The maximum Gasteiger partial charge on any atom is 0.122 e. The minimum absolute atomic E-state index is 0.349. The van der Waals surface area contributed by atoms with Crippen molar-refractivity contribution < 1.29 is 9.84 Å². The third kappa shape index (κ3) is 5.19. The summed E-state index contributed by atoms with van der Waals surface area (Å²) >= 11 is 0. The molecule has 0 saturated heterocycles. The van der Waals surface area contributed by atoms with Crippen molar-refractivity contribution in [2.45, 2.75) is 32.0 Å². The van der Waals surface area contributed by atoms with Gasteiger partial charge in [0.15, 0.2) is 0 Å². The normalized spacial score (nSPS) is 12.4. The van der Waals surface area contributed by atoms with E-state index in [-0.39, 0.29) is 6.10 Å². The monoisotopic (exact) mass is 383 g/mol. The van der Waals surface area contributed by atoms with Crippen molar-refractivity contribution in [1.82, 2.24) is 4.98 Å². The van der Waals surface area contributed by atoms with E-state index < -0.39 is 6.10 Å². The van der Waals surface area contributed by atoms with Crippen molar-refractivity contribution in [3.63, 3.8) is 0 Å². The van der Waals surface area contributed by atoms with Crippen LogP contribution in [-0.4, -0.2) is 22.3 Å². The Bertz CT molecular complexity index is 1030. The molecule has 2 aromatic carbocycles. The first-order chi connectivity index (χ1) is 14.1. The van der Waals surface area contributed by atoms with E-state index in [2.05, 4.69) is 11.1 Å². The van der Waals surface area contributed by atoms with Crippen LogP contribution in [0.4, 0.5) is 0 Å². The van der Waals surface area contributed by atoms with E-state index in [9.17, 15) is 10.4 Å². The first-order valence-corrected chi connectivity index (χ1v) is 9.39. The topological polar surface area (TPSA) is 89.9 Å². The number of pyridine rings is 1. The van der Waals surface area contributed by atoms with E-state index in [1.807, 2.05) is 55.5 Å². The maximum absolute atomic E-state index is 10.4. The molecular formula is C24H21N3O2. The van der Waals surface area contributed by atoms with E-state index in [0.29, 0.717) is 23.3 Å². The second kappa shape index (κ2) is 9.50. The highest BCUT2D eigenvalue weighted by Crippen LogP contribution is 2.25. The quantitative estimate of drug-likeness (QED) is 0.659. The van der Waals surface area contributed by atoms with Crippen LogP contribution in [0.5, 0.6) is 5.75 Å². The zero-order valence-electron chi connectivity index (χ0n) is 16.1. The number of benzene rings is 2. The zero-order chi connectivity index (χ0) is 20.6. The SMILES string of the molecule is C[C@H](Oc1ccc(-c2ccc(C#N)c(C#N)c2)cc1)[C@H](O)CCc1cccnc1. The van der Waals surface area contributed by atoms with Gasteiger partial charge in [0.25, 0.3) is 0 Å². The molecular weight excluding hydrogens is 362 g/mol. The molecule has 3 aromatic rings. The molecule has 0 aliphatic carbocycles. The molecule has 29 heavy (non-hydrogen) atoms. The van der Waals surface area contributed by atoms with Gasteiger partial charge in [-0.05, 0) is 66.8 Å². The zero-order valence-corrected chi connectivity index (χ0v) is 16.1. The summed E-state index contributed by atoms with van der Waals surface area (Å²) in [6.07, 6.45) is 3.92. The van der Waals surface area contributed by atoms with Crippen molar-refractivity contribution in [1.29, 1.82) is 10.5 Å². The van der Waals surface area contributed by atoms with Crippen molar-refractivity contribution in [3.8, 4) is 29.0 Å². The number of hydrogen-bond acceptors (Lipinski definition) is 5. The number of aliphatic hydroxyl groups excluding tert-OH is 1. The molecule has 2 atom stereocenters. The predicted molar refractivity (Wildman–Crippen MR) is 110 cm³/mol. The maximum atomic E-state index is 10.4. The first-order valence-electron chi connectivity index (χ1n) is 9.39. The van der Waals surface area contributed by atoms with Gasteiger partial charge in [-0.15, -0.1) is 0 Å². The van der Waals surface area contributed by atoms with Crippen LogP contribution in [0.25, 0.3) is 11.1 Å². The molecule has 0 radical (unpaired) electrons. The summed E-state index contributed by atoms with van der Waals surface area (Å²) in [4.78, 5) is 4.08. The van der Waals surface area contributed by atoms with Gasteiger partial charge in [0.1, 0.15) is 24.0 Å². The third-order valence-corrected chi connectivity index (χ3v) is 4.76. The van der Waals surface area contributed by atoms with Crippen LogP contribution >= 0.6 is 0 Å². The Morgan fingerprint density at radius 2 is 1.72 bits per heavy atom. The Kier molecular flexibility index (Phi) is 6.58. The van der Waals surface area contributed by atoms with Gasteiger partial charge in [0.2, 0.25) is 0 Å². The van der Waals surface area contributed by atoms with E-state index in [4.69, 9.17) is 10.00 Å². The summed E-state index contributed by atoms with van der Waals surface area (Å²) in [6, 6.07) is 20.6. The number of aliphatic hydroxyl groups is 1. The molecule has 5 nitrogen and oxygen atoms in total. The Balaban J connectivity index is 1.61. The van der Waals surface area contributed by atoms with Gasteiger partial charge < -0.3 is 9.84 Å². The smallest absolute Gasteiger partial charge is 0.122 e. The minimum Gasteiger partial charge on any atom is -0.488 e. The number of ether oxygens (including phenoxy) is 1. The summed E-state index contributed by atoms with van der Waals surface area (Å²) in [7, 11) is 0. The van der Waals surface area contributed by atoms with Gasteiger partial charge in [-0.1, -0.05) is 24.3 Å². The lowest BCUT2D eigenvalue weighted by Crippen LogP contribution is -2.29. The Morgan fingerprint density at radius 3 is 2.38 bits per heavy atom. The second-order valence-electron chi connectivity index (χ2n) is 6.80. The molecule has 144 valence electrons. The average Bonchev–Trinajstić information content (AvgIpc) is 2.78. The predicted octanol–water partition coefficient (Wildman–Crippen LogP) is 4.25. The second-order valence-corrected chi connectivity index (χ2v) is 6.80. The van der Waals surface area contributed by atoms with E-state index in [1.54, 1.807) is 24.5 Å². The van der Waals surface area contributed by atoms with Crippen LogP contribution in [0, 0.1) is 22.7 Å². The Labute approximate surface area is 170 Å². The Hall–Kier alpha value is -3.67. The van der Waals surface area contributed by atoms with Gasteiger partial charge in [0, 0.05) is 12.4 Å². The number of nitrogens with zero attached hydrogens (tertiary/aromatic N) is 3. The summed E-state index contributed by atoms with van der Waals surface area (Å²) in [5, 5.41) is 28.6. The summed E-state index contributed by atoms with van der Waals surface area (Å²) in [5.74, 6) is 0.663. The van der Waals surface area contributed by atoms with Crippen LogP contribution in [0.1, 0.15) is 30.0 Å². The molecule has 1 aromatic heterocycles. The molecule has 0 aliphatic heterocycles. The molecule has 1 heterocycles. The average molecular weight is 383 g/mol. The molecule has 3 rings (SSSR count). The van der Waals surface area contributed by atoms with E-state index >= 15 is 0 Å². The van der Waals surface area contributed by atoms with E-state index in [1.165, 1.54) is 0 Å². The fraction of sp³-hybridized carbons (Fsp3) is 0.208. The lowest BCUT2D eigenvalue weighted by atomic mass is 10.00. The summed E-state index contributed by atoms with van der Waals surface area (Å²) in [6.45, 7) is 1.85. The highest BCUT2D eigenvalue weighted by Gasteiger charge is 2.16. The summed E-state index contributed by atoms with van der Waals surface area (Å²) < 4.78 is 5.88. The molecule has 0 spiro atoms. The molecule has 0 amide bonds. The number of aryl methyl sites for hydroxylation is 1. The van der Waals surface area contributed by atoms with Crippen LogP contribution in [0.2, 0.25) is 0 Å². The molecule has 0 unspecified atom stereocenters. The molecule has 1 N–H and O–H groups in total. The van der Waals surface area contributed by atoms with Crippen LogP contribution in [0.3, 0.4) is 0 Å². The van der Waals surface area contributed by atoms with Crippen LogP contribution in [-0.2, 0) is 6.42 Å². The lowest BCUT2D eigenvalue weighted by Gasteiger charge is -2.20. The van der Waals surface area contributed by atoms with Gasteiger partial charge >= 0.3 is 0 Å². The number of hydrogen-bond donors (Lipinski definition) is 1. The van der Waals surface area contributed by atoms with E-state index in [0.717, 1.165) is 23.1 Å². The fourth-order valence-corrected chi connectivity index (χ4v) is 3.03. The third-order valence-electron chi connectivity index (χ3n) is 4.76.